The van der Waals surface area contributed by atoms with Crippen molar-refractivity contribution in [2.45, 2.75) is 39.3 Å². The molecule has 1 rings (SSSR count). The van der Waals surface area contributed by atoms with E-state index < -0.39 is 9.84 Å². The van der Waals surface area contributed by atoms with Gasteiger partial charge in [-0.2, -0.15) is 0 Å². The third-order valence-electron chi connectivity index (χ3n) is 2.82. The van der Waals surface area contributed by atoms with Gasteiger partial charge < -0.3 is 0 Å². The number of sulfone groups is 1. The highest BCUT2D eigenvalue weighted by Gasteiger charge is 2.33. The molecule has 0 amide bonds. The third-order valence-corrected chi connectivity index (χ3v) is 3.81. The normalized spacial score (nSPS) is 30.1. The molecule has 0 aromatic carbocycles. The summed E-state index contributed by atoms with van der Waals surface area (Å²) in [5.74, 6) is 0.944. The van der Waals surface area contributed by atoms with Gasteiger partial charge in [-0.3, -0.25) is 4.90 Å². The molecule has 84 valence electrons. The Labute approximate surface area is 87.4 Å². The van der Waals surface area contributed by atoms with Crippen LogP contribution in [0.15, 0.2) is 0 Å². The molecule has 0 aromatic rings. The quantitative estimate of drug-likeness (QED) is 0.714. The molecule has 14 heavy (non-hydrogen) atoms. The summed E-state index contributed by atoms with van der Waals surface area (Å²) in [5, 5.41) is 0. The zero-order valence-corrected chi connectivity index (χ0v) is 10.3. The van der Waals surface area contributed by atoms with Crippen molar-refractivity contribution in [1.82, 2.24) is 4.90 Å². The van der Waals surface area contributed by atoms with Crippen molar-refractivity contribution in [3.8, 4) is 0 Å². The molecule has 1 fully saturated rings. The summed E-state index contributed by atoms with van der Waals surface area (Å²) >= 11 is 0. The number of hydrogen-bond donors (Lipinski definition) is 0. The van der Waals surface area contributed by atoms with Crippen molar-refractivity contribution < 1.29 is 8.42 Å². The van der Waals surface area contributed by atoms with E-state index in [1.165, 1.54) is 6.26 Å². The first-order chi connectivity index (χ1) is 6.29. The van der Waals surface area contributed by atoms with Gasteiger partial charge in [-0.1, -0.05) is 6.92 Å². The Morgan fingerprint density at radius 3 is 2.43 bits per heavy atom. The zero-order chi connectivity index (χ0) is 10.9. The standard InChI is InChI=1S/C10H21NO2S/c1-8(2)11-6-9(3)5-10(11)7-14(4,12)13/h8-10H,5-7H2,1-4H3. The summed E-state index contributed by atoms with van der Waals surface area (Å²) in [4.78, 5) is 2.31. The molecule has 4 heteroatoms. The summed E-state index contributed by atoms with van der Waals surface area (Å²) in [6.45, 7) is 7.50. The van der Waals surface area contributed by atoms with Crippen molar-refractivity contribution in [3.63, 3.8) is 0 Å². The monoisotopic (exact) mass is 219 g/mol. The highest BCUT2D eigenvalue weighted by molar-refractivity contribution is 7.90. The Morgan fingerprint density at radius 1 is 1.43 bits per heavy atom. The molecule has 2 atom stereocenters. The van der Waals surface area contributed by atoms with Gasteiger partial charge in [-0.15, -0.1) is 0 Å². The van der Waals surface area contributed by atoms with Gasteiger partial charge in [0.05, 0.1) is 5.75 Å². The summed E-state index contributed by atoms with van der Waals surface area (Å²) in [6, 6.07) is 0.687. The Morgan fingerprint density at radius 2 is 2.00 bits per heavy atom. The van der Waals surface area contributed by atoms with Gasteiger partial charge in [0.25, 0.3) is 0 Å². The number of nitrogens with zero attached hydrogens (tertiary/aromatic N) is 1. The summed E-state index contributed by atoms with van der Waals surface area (Å²) in [6.07, 6.45) is 2.35. The predicted molar refractivity (Wildman–Crippen MR) is 59.1 cm³/mol. The largest absolute Gasteiger partial charge is 0.297 e. The first-order valence-electron chi connectivity index (χ1n) is 5.23. The lowest BCUT2D eigenvalue weighted by Crippen LogP contribution is -2.39. The third kappa shape index (κ3) is 3.24. The molecule has 0 N–H and O–H groups in total. The fourth-order valence-electron chi connectivity index (χ4n) is 2.33. The van der Waals surface area contributed by atoms with Crippen LogP contribution in [-0.4, -0.2) is 44.0 Å². The number of hydrogen-bond acceptors (Lipinski definition) is 3. The maximum atomic E-state index is 11.2. The molecular weight excluding hydrogens is 198 g/mol. The van der Waals surface area contributed by atoms with E-state index in [4.69, 9.17) is 0 Å². The predicted octanol–water partition coefficient (Wildman–Crippen LogP) is 1.15. The Balaban J connectivity index is 2.67. The second-order valence-corrected chi connectivity index (χ2v) is 7.06. The van der Waals surface area contributed by atoms with Gasteiger partial charge in [0.1, 0.15) is 9.84 Å². The molecule has 1 aliphatic rings. The molecule has 0 bridgehead atoms. The first kappa shape index (κ1) is 12.0. The Kier molecular flexibility index (Phi) is 3.58. The van der Waals surface area contributed by atoms with Crippen LogP contribution in [0.5, 0.6) is 0 Å². The van der Waals surface area contributed by atoms with Crippen molar-refractivity contribution >= 4 is 9.84 Å². The van der Waals surface area contributed by atoms with Crippen molar-refractivity contribution in [2.24, 2.45) is 5.92 Å². The van der Waals surface area contributed by atoms with Gasteiger partial charge in [-0.25, -0.2) is 8.42 Å². The van der Waals surface area contributed by atoms with E-state index >= 15 is 0 Å². The smallest absolute Gasteiger partial charge is 0.148 e. The minimum atomic E-state index is -2.84. The second-order valence-electron chi connectivity index (χ2n) is 4.88. The van der Waals surface area contributed by atoms with Crippen LogP contribution in [0.25, 0.3) is 0 Å². The van der Waals surface area contributed by atoms with Gasteiger partial charge in [0.15, 0.2) is 0 Å². The van der Waals surface area contributed by atoms with E-state index in [2.05, 4.69) is 25.7 Å². The second kappa shape index (κ2) is 4.19. The topological polar surface area (TPSA) is 37.4 Å². The van der Waals surface area contributed by atoms with Crippen molar-refractivity contribution in [3.05, 3.63) is 0 Å². The maximum absolute atomic E-state index is 11.2. The molecule has 1 aliphatic heterocycles. The molecule has 3 nitrogen and oxygen atoms in total. The van der Waals surface area contributed by atoms with Crippen LogP contribution in [0.1, 0.15) is 27.2 Å². The van der Waals surface area contributed by atoms with Gasteiger partial charge >= 0.3 is 0 Å². The SMILES string of the molecule is CC1CC(CS(C)(=O)=O)N(C(C)C)C1. The van der Waals surface area contributed by atoms with Crippen LogP contribution < -0.4 is 0 Å². The van der Waals surface area contributed by atoms with Gasteiger partial charge in [-0.05, 0) is 26.2 Å². The molecule has 0 radical (unpaired) electrons. The van der Waals surface area contributed by atoms with Crippen LogP contribution >= 0.6 is 0 Å². The zero-order valence-electron chi connectivity index (χ0n) is 9.53. The van der Waals surface area contributed by atoms with E-state index in [-0.39, 0.29) is 6.04 Å². The molecule has 0 aliphatic carbocycles. The van der Waals surface area contributed by atoms with E-state index in [0.717, 1.165) is 13.0 Å². The average molecular weight is 219 g/mol. The van der Waals surface area contributed by atoms with Crippen LogP contribution in [0, 0.1) is 5.92 Å². The molecule has 0 aromatic heterocycles. The van der Waals surface area contributed by atoms with Gasteiger partial charge in [0, 0.05) is 24.9 Å². The lowest BCUT2D eigenvalue weighted by molar-refractivity contribution is 0.214. The minimum Gasteiger partial charge on any atom is -0.297 e. The fraction of sp³-hybridized carbons (Fsp3) is 1.00. The van der Waals surface area contributed by atoms with Crippen LogP contribution in [0.2, 0.25) is 0 Å². The molecule has 0 spiro atoms. The number of likely N-dealkylation sites (tertiary alicyclic amines) is 1. The molecule has 1 heterocycles. The summed E-state index contributed by atoms with van der Waals surface area (Å²) in [5.41, 5.74) is 0. The van der Waals surface area contributed by atoms with E-state index in [1.807, 2.05) is 0 Å². The van der Waals surface area contributed by atoms with Crippen LogP contribution in [0.3, 0.4) is 0 Å². The van der Waals surface area contributed by atoms with Gasteiger partial charge in [0.2, 0.25) is 0 Å². The van der Waals surface area contributed by atoms with Crippen LogP contribution in [0.4, 0.5) is 0 Å². The molecular formula is C10H21NO2S. The van der Waals surface area contributed by atoms with E-state index in [1.54, 1.807) is 0 Å². The van der Waals surface area contributed by atoms with Crippen molar-refractivity contribution in [1.29, 1.82) is 0 Å². The Bertz CT molecular complexity index is 284. The molecule has 0 saturated carbocycles. The number of rotatable bonds is 3. The minimum absolute atomic E-state index is 0.236. The fourth-order valence-corrected chi connectivity index (χ4v) is 3.36. The van der Waals surface area contributed by atoms with E-state index in [9.17, 15) is 8.42 Å². The highest BCUT2D eigenvalue weighted by atomic mass is 32.2. The van der Waals surface area contributed by atoms with E-state index in [0.29, 0.717) is 17.7 Å². The average Bonchev–Trinajstić information content (AvgIpc) is 2.27. The summed E-state index contributed by atoms with van der Waals surface area (Å²) in [7, 11) is -2.84. The maximum Gasteiger partial charge on any atom is 0.148 e. The lowest BCUT2D eigenvalue weighted by atomic mass is 10.1. The molecule has 2 unspecified atom stereocenters. The lowest BCUT2D eigenvalue weighted by Gasteiger charge is -2.27. The van der Waals surface area contributed by atoms with Crippen molar-refractivity contribution in [2.75, 3.05) is 18.6 Å². The Hall–Kier alpha value is -0.0900. The highest BCUT2D eigenvalue weighted by Crippen LogP contribution is 2.25. The molecule has 1 saturated heterocycles. The van der Waals surface area contributed by atoms with Crippen LogP contribution in [-0.2, 0) is 9.84 Å². The first-order valence-corrected chi connectivity index (χ1v) is 7.29. The summed E-state index contributed by atoms with van der Waals surface area (Å²) < 4.78 is 22.5.